The molecule has 0 aromatic heterocycles. The molecule has 0 aliphatic carbocycles. The Morgan fingerprint density at radius 1 is 0.360 bits per heavy atom. The van der Waals surface area contributed by atoms with E-state index in [1.54, 1.807) is 22.3 Å². The van der Waals surface area contributed by atoms with Crippen molar-refractivity contribution >= 4 is 0 Å². The van der Waals surface area contributed by atoms with Gasteiger partial charge in [0.25, 0.3) is 0 Å². The van der Waals surface area contributed by atoms with Gasteiger partial charge >= 0.3 is 0 Å². The van der Waals surface area contributed by atoms with Crippen molar-refractivity contribution in [3.05, 3.63) is 66.8 Å². The lowest BCUT2D eigenvalue weighted by Crippen LogP contribution is -2.10. The van der Waals surface area contributed by atoms with Gasteiger partial charge in [0.15, 0.2) is 0 Å². The molecule has 0 bridgehead atoms. The van der Waals surface area contributed by atoms with Gasteiger partial charge in [-0.15, -0.1) is 0 Å². The first kappa shape index (κ1) is 19.8. The van der Waals surface area contributed by atoms with Crippen LogP contribution in [0.15, 0.2) is 0 Å². The molecule has 0 radical (unpaired) electrons. The number of hydrogen-bond acceptors (Lipinski definition) is 0. The number of benzene rings is 2. The van der Waals surface area contributed by atoms with Crippen molar-refractivity contribution < 1.29 is 0 Å². The highest BCUT2D eigenvalue weighted by molar-refractivity contribution is 5.56. The van der Waals surface area contributed by atoms with E-state index in [4.69, 9.17) is 0 Å². The van der Waals surface area contributed by atoms with Crippen LogP contribution in [-0.4, -0.2) is 0 Å². The average Bonchev–Trinajstić information content (AvgIpc) is 2.60. The van der Waals surface area contributed by atoms with Crippen molar-refractivity contribution in [2.75, 3.05) is 0 Å². The zero-order valence-electron chi connectivity index (χ0n) is 18.1. The van der Waals surface area contributed by atoms with Crippen molar-refractivity contribution in [2.24, 2.45) is 0 Å². The maximum Gasteiger partial charge on any atom is -0.00147 e. The molecule has 0 nitrogen and oxygen atoms in total. The molecule has 2 aromatic carbocycles. The van der Waals surface area contributed by atoms with Crippen LogP contribution in [-0.2, 0) is 19.3 Å². The Morgan fingerprint density at radius 2 is 0.600 bits per heavy atom. The standard InChI is InChI=1S/C25H36/c1-11-22-18(7)14(3)16(5)20(9)24(22)13-25-21(10)17(6)15(4)19(8)23(25)12-2/h11-13H2,1-10H3. The summed E-state index contributed by atoms with van der Waals surface area (Å²) in [6, 6.07) is 0. The van der Waals surface area contributed by atoms with Crippen LogP contribution in [0.3, 0.4) is 0 Å². The van der Waals surface area contributed by atoms with E-state index in [1.165, 1.54) is 44.5 Å². The maximum atomic E-state index is 2.32. The van der Waals surface area contributed by atoms with E-state index < -0.39 is 0 Å². The SMILES string of the molecule is CCc1c(C)c(C)c(C)c(C)c1Cc1c(C)c(C)c(C)c(C)c1CC. The first-order chi connectivity index (χ1) is 11.7. The number of rotatable bonds is 4. The molecule has 0 atom stereocenters. The second-order valence-electron chi connectivity index (χ2n) is 7.80. The van der Waals surface area contributed by atoms with Crippen LogP contribution in [0, 0.1) is 55.4 Å². The topological polar surface area (TPSA) is 0 Å². The Bertz CT molecular complexity index is 750. The molecule has 2 aromatic rings. The predicted octanol–water partition coefficient (Wildman–Crippen LogP) is 6.87. The molecule has 0 heteroatoms. The summed E-state index contributed by atoms with van der Waals surface area (Å²) in [4.78, 5) is 0. The van der Waals surface area contributed by atoms with Crippen molar-refractivity contribution in [3.8, 4) is 0 Å². The van der Waals surface area contributed by atoms with Gasteiger partial charge in [-0.2, -0.15) is 0 Å². The Kier molecular flexibility index (Phi) is 5.82. The first-order valence-corrected chi connectivity index (χ1v) is 9.83. The fourth-order valence-corrected chi connectivity index (χ4v) is 4.55. The Balaban J connectivity index is 2.78. The molecule has 0 heterocycles. The molecule has 0 N–H and O–H groups in total. The molecule has 0 unspecified atom stereocenters. The molecular weight excluding hydrogens is 300 g/mol. The summed E-state index contributed by atoms with van der Waals surface area (Å²) >= 11 is 0. The normalized spacial score (nSPS) is 11.3. The summed E-state index contributed by atoms with van der Waals surface area (Å²) < 4.78 is 0. The van der Waals surface area contributed by atoms with Crippen molar-refractivity contribution in [1.29, 1.82) is 0 Å². The van der Waals surface area contributed by atoms with E-state index in [2.05, 4.69) is 69.2 Å². The van der Waals surface area contributed by atoms with Gasteiger partial charge in [0, 0.05) is 0 Å². The van der Waals surface area contributed by atoms with E-state index in [0.717, 1.165) is 19.3 Å². The third-order valence-corrected chi connectivity index (χ3v) is 6.97. The van der Waals surface area contributed by atoms with Gasteiger partial charge in [0.1, 0.15) is 0 Å². The Labute approximate surface area is 155 Å². The van der Waals surface area contributed by atoms with Crippen LogP contribution >= 0.6 is 0 Å². The smallest absolute Gasteiger partial charge is 0.00147 e. The molecular formula is C25H36. The average molecular weight is 337 g/mol. The monoisotopic (exact) mass is 336 g/mol. The van der Waals surface area contributed by atoms with Crippen LogP contribution in [0.1, 0.15) is 80.6 Å². The van der Waals surface area contributed by atoms with Crippen LogP contribution in [0.2, 0.25) is 0 Å². The fraction of sp³-hybridized carbons (Fsp3) is 0.520. The van der Waals surface area contributed by atoms with Gasteiger partial charge in [-0.05, 0) is 141 Å². The van der Waals surface area contributed by atoms with Crippen LogP contribution < -0.4 is 0 Å². The molecule has 136 valence electrons. The minimum Gasteiger partial charge on any atom is -0.0613 e. The largest absolute Gasteiger partial charge is 0.0613 e. The summed E-state index contributed by atoms with van der Waals surface area (Å²) in [6.45, 7) is 23.0. The molecule has 25 heavy (non-hydrogen) atoms. The summed E-state index contributed by atoms with van der Waals surface area (Å²) in [7, 11) is 0. The van der Waals surface area contributed by atoms with E-state index in [0.29, 0.717) is 0 Å². The van der Waals surface area contributed by atoms with Gasteiger partial charge in [-0.25, -0.2) is 0 Å². The summed E-state index contributed by atoms with van der Waals surface area (Å²) in [6.07, 6.45) is 3.31. The second-order valence-corrected chi connectivity index (χ2v) is 7.80. The lowest BCUT2D eigenvalue weighted by molar-refractivity contribution is 0.954. The zero-order valence-corrected chi connectivity index (χ0v) is 18.1. The molecule has 0 spiro atoms. The van der Waals surface area contributed by atoms with E-state index in [-0.39, 0.29) is 0 Å². The first-order valence-electron chi connectivity index (χ1n) is 9.83. The van der Waals surface area contributed by atoms with Crippen LogP contribution in [0.4, 0.5) is 0 Å². The predicted molar refractivity (Wildman–Crippen MR) is 112 cm³/mol. The van der Waals surface area contributed by atoms with Crippen LogP contribution in [0.5, 0.6) is 0 Å². The van der Waals surface area contributed by atoms with Crippen molar-refractivity contribution in [3.63, 3.8) is 0 Å². The second kappa shape index (κ2) is 7.36. The Hall–Kier alpha value is -1.56. The third-order valence-electron chi connectivity index (χ3n) is 6.97. The molecule has 0 saturated heterocycles. The van der Waals surface area contributed by atoms with Gasteiger partial charge in [0.05, 0.1) is 0 Å². The zero-order chi connectivity index (χ0) is 19.0. The number of hydrogen-bond donors (Lipinski definition) is 0. The molecule has 0 aliphatic heterocycles. The van der Waals surface area contributed by atoms with Crippen LogP contribution in [0.25, 0.3) is 0 Å². The van der Waals surface area contributed by atoms with Gasteiger partial charge in [-0.3, -0.25) is 0 Å². The highest BCUT2D eigenvalue weighted by Gasteiger charge is 2.19. The lowest BCUT2D eigenvalue weighted by Gasteiger charge is -2.24. The van der Waals surface area contributed by atoms with E-state index in [1.807, 2.05) is 0 Å². The minimum atomic E-state index is 1.08. The minimum absolute atomic E-state index is 1.08. The van der Waals surface area contributed by atoms with Gasteiger partial charge in [-0.1, -0.05) is 13.8 Å². The summed E-state index contributed by atoms with van der Waals surface area (Å²) in [5.74, 6) is 0. The van der Waals surface area contributed by atoms with Crippen molar-refractivity contribution in [2.45, 2.75) is 88.5 Å². The third kappa shape index (κ3) is 3.16. The van der Waals surface area contributed by atoms with E-state index in [9.17, 15) is 0 Å². The summed E-state index contributed by atoms with van der Waals surface area (Å²) in [5, 5.41) is 0. The van der Waals surface area contributed by atoms with Crippen molar-refractivity contribution in [1.82, 2.24) is 0 Å². The molecule has 0 amide bonds. The quantitative estimate of drug-likeness (QED) is 0.571. The maximum absolute atomic E-state index is 2.32. The molecule has 2 rings (SSSR count). The van der Waals surface area contributed by atoms with Gasteiger partial charge < -0.3 is 0 Å². The van der Waals surface area contributed by atoms with Gasteiger partial charge in [0.2, 0.25) is 0 Å². The highest BCUT2D eigenvalue weighted by atomic mass is 14.2. The Morgan fingerprint density at radius 3 is 0.840 bits per heavy atom. The summed E-state index contributed by atoms with van der Waals surface area (Å²) in [5.41, 5.74) is 18.2. The fourth-order valence-electron chi connectivity index (χ4n) is 4.55. The molecule has 0 saturated carbocycles. The molecule has 0 fully saturated rings. The lowest BCUT2D eigenvalue weighted by atomic mass is 9.80. The highest BCUT2D eigenvalue weighted by Crippen LogP contribution is 2.33. The van der Waals surface area contributed by atoms with E-state index >= 15 is 0 Å². The molecule has 0 aliphatic rings.